The van der Waals surface area contributed by atoms with Crippen LogP contribution in [0.1, 0.15) is 12.5 Å². The Kier molecular flexibility index (Phi) is 5.40. The van der Waals surface area contributed by atoms with Gasteiger partial charge in [0.1, 0.15) is 6.61 Å². The summed E-state index contributed by atoms with van der Waals surface area (Å²) < 4.78 is 10.8. The number of carbonyl (C=O) groups is 1. The molecule has 2 amide bonds. The van der Waals surface area contributed by atoms with Gasteiger partial charge in [0.05, 0.1) is 13.3 Å². The van der Waals surface area contributed by atoms with Crippen LogP contribution in [0.25, 0.3) is 0 Å². The van der Waals surface area contributed by atoms with Gasteiger partial charge in [-0.1, -0.05) is 12.6 Å². The van der Waals surface area contributed by atoms with Crippen LogP contribution in [0.2, 0.25) is 0 Å². The first kappa shape index (κ1) is 14.6. The summed E-state index contributed by atoms with van der Waals surface area (Å²) in [6.45, 7) is 5.99. The summed E-state index contributed by atoms with van der Waals surface area (Å²) in [5, 5.41) is 3.70. The van der Waals surface area contributed by atoms with E-state index in [1.807, 2.05) is 6.92 Å². The van der Waals surface area contributed by atoms with Crippen LogP contribution >= 0.6 is 0 Å². The highest BCUT2D eigenvalue weighted by atomic mass is 16.5. The van der Waals surface area contributed by atoms with E-state index in [2.05, 4.69) is 17.1 Å². The van der Waals surface area contributed by atoms with Gasteiger partial charge in [-0.2, -0.15) is 5.10 Å². The maximum atomic E-state index is 10.5. The number of rotatable bonds is 6. The zero-order chi connectivity index (χ0) is 14.3. The monoisotopic (exact) mass is 263 g/mol. The second-order valence-corrected chi connectivity index (χ2v) is 3.86. The fourth-order valence-corrected chi connectivity index (χ4v) is 1.31. The molecule has 102 valence electrons. The zero-order valence-corrected chi connectivity index (χ0v) is 11.0. The number of hydrogen-bond donors (Lipinski definition) is 2. The SMILES string of the molecule is C=C(C)COc1c(C=NNC(N)=O)cccc1OC. The molecule has 1 aromatic carbocycles. The second kappa shape index (κ2) is 7.05. The molecule has 0 bridgehead atoms. The highest BCUT2D eigenvalue weighted by molar-refractivity contribution is 5.86. The molecule has 1 rings (SSSR count). The molecule has 0 spiro atoms. The van der Waals surface area contributed by atoms with Crippen LogP contribution in [-0.4, -0.2) is 26.0 Å². The predicted octanol–water partition coefficient (Wildman–Crippen LogP) is 1.65. The molecule has 0 aliphatic carbocycles. The number of ether oxygens (including phenoxy) is 2. The van der Waals surface area contributed by atoms with Crippen LogP contribution in [0.5, 0.6) is 11.5 Å². The van der Waals surface area contributed by atoms with Crippen molar-refractivity contribution >= 4 is 12.2 Å². The van der Waals surface area contributed by atoms with Gasteiger partial charge in [0.2, 0.25) is 0 Å². The molecule has 19 heavy (non-hydrogen) atoms. The van der Waals surface area contributed by atoms with Crippen molar-refractivity contribution in [3.63, 3.8) is 0 Å². The van der Waals surface area contributed by atoms with E-state index in [4.69, 9.17) is 15.2 Å². The summed E-state index contributed by atoms with van der Waals surface area (Å²) in [5.41, 5.74) is 8.58. The predicted molar refractivity (Wildman–Crippen MR) is 73.6 cm³/mol. The van der Waals surface area contributed by atoms with Gasteiger partial charge in [-0.05, 0) is 24.6 Å². The molecule has 0 fully saturated rings. The zero-order valence-electron chi connectivity index (χ0n) is 11.0. The number of urea groups is 1. The lowest BCUT2D eigenvalue weighted by atomic mass is 10.2. The van der Waals surface area contributed by atoms with E-state index in [9.17, 15) is 4.79 Å². The molecule has 1 aromatic rings. The molecule has 0 unspecified atom stereocenters. The highest BCUT2D eigenvalue weighted by Gasteiger charge is 2.09. The van der Waals surface area contributed by atoms with E-state index in [0.717, 1.165) is 5.57 Å². The molecule has 6 nitrogen and oxygen atoms in total. The Balaban J connectivity index is 2.97. The summed E-state index contributed by atoms with van der Waals surface area (Å²) >= 11 is 0. The topological polar surface area (TPSA) is 85.9 Å². The number of nitrogens with one attached hydrogen (secondary N) is 1. The lowest BCUT2D eigenvalue weighted by Crippen LogP contribution is -2.24. The number of methoxy groups -OCH3 is 1. The minimum Gasteiger partial charge on any atom is -0.493 e. The summed E-state index contributed by atoms with van der Waals surface area (Å²) in [4.78, 5) is 10.5. The van der Waals surface area contributed by atoms with E-state index >= 15 is 0 Å². The quantitative estimate of drug-likeness (QED) is 0.465. The number of carbonyl (C=O) groups excluding carboxylic acids is 1. The molecule has 0 aliphatic rings. The molecule has 0 saturated heterocycles. The lowest BCUT2D eigenvalue weighted by molar-refractivity contribution is 0.249. The smallest absolute Gasteiger partial charge is 0.332 e. The van der Waals surface area contributed by atoms with Crippen LogP contribution in [0.3, 0.4) is 0 Å². The van der Waals surface area contributed by atoms with E-state index in [-0.39, 0.29) is 0 Å². The molecular formula is C13H17N3O3. The number of para-hydroxylation sites is 1. The molecule has 0 aliphatic heterocycles. The average Bonchev–Trinajstić information content (AvgIpc) is 2.36. The van der Waals surface area contributed by atoms with E-state index in [1.165, 1.54) is 6.21 Å². The lowest BCUT2D eigenvalue weighted by Gasteiger charge is -2.12. The second-order valence-electron chi connectivity index (χ2n) is 3.86. The minimum absolute atomic E-state index is 0.366. The number of hydrogen-bond acceptors (Lipinski definition) is 4. The van der Waals surface area contributed by atoms with Gasteiger partial charge in [-0.3, -0.25) is 0 Å². The number of amides is 2. The number of nitrogens with zero attached hydrogens (tertiary/aromatic N) is 1. The Bertz CT molecular complexity index is 498. The van der Waals surface area contributed by atoms with Crippen molar-refractivity contribution < 1.29 is 14.3 Å². The normalized spacial score (nSPS) is 10.2. The van der Waals surface area contributed by atoms with Crippen LogP contribution < -0.4 is 20.6 Å². The number of primary amides is 1. The van der Waals surface area contributed by atoms with Crippen molar-refractivity contribution in [1.29, 1.82) is 0 Å². The molecule has 0 atom stereocenters. The first-order valence-electron chi connectivity index (χ1n) is 5.57. The Morgan fingerprint density at radius 2 is 2.32 bits per heavy atom. The fourth-order valence-electron chi connectivity index (χ4n) is 1.31. The largest absolute Gasteiger partial charge is 0.493 e. The van der Waals surface area contributed by atoms with E-state index < -0.39 is 6.03 Å². The van der Waals surface area contributed by atoms with Crippen molar-refractivity contribution in [3.05, 3.63) is 35.9 Å². The van der Waals surface area contributed by atoms with Gasteiger partial charge < -0.3 is 15.2 Å². The van der Waals surface area contributed by atoms with Crippen molar-refractivity contribution in [1.82, 2.24) is 5.43 Å². The number of benzene rings is 1. The fraction of sp³-hybridized carbons (Fsp3) is 0.231. The first-order chi connectivity index (χ1) is 9.04. The third kappa shape index (κ3) is 4.71. The van der Waals surface area contributed by atoms with Crippen molar-refractivity contribution in [2.24, 2.45) is 10.8 Å². The maximum Gasteiger partial charge on any atom is 0.332 e. The van der Waals surface area contributed by atoms with Gasteiger partial charge in [0.25, 0.3) is 0 Å². The number of nitrogens with two attached hydrogens (primary N) is 1. The molecular weight excluding hydrogens is 246 g/mol. The molecule has 3 N–H and O–H groups in total. The molecule has 0 saturated carbocycles. The van der Waals surface area contributed by atoms with E-state index in [0.29, 0.717) is 23.7 Å². The van der Waals surface area contributed by atoms with Crippen molar-refractivity contribution in [3.8, 4) is 11.5 Å². The summed E-state index contributed by atoms with van der Waals surface area (Å²) in [7, 11) is 1.55. The van der Waals surface area contributed by atoms with Crippen LogP contribution in [0.4, 0.5) is 4.79 Å². The Morgan fingerprint density at radius 1 is 1.58 bits per heavy atom. The van der Waals surface area contributed by atoms with Crippen molar-refractivity contribution in [2.45, 2.75) is 6.92 Å². The average molecular weight is 263 g/mol. The van der Waals surface area contributed by atoms with Crippen LogP contribution in [0.15, 0.2) is 35.5 Å². The summed E-state index contributed by atoms with van der Waals surface area (Å²) in [5.74, 6) is 1.10. The Hall–Kier alpha value is -2.50. The van der Waals surface area contributed by atoms with E-state index in [1.54, 1.807) is 25.3 Å². The third-order valence-electron chi connectivity index (χ3n) is 2.07. The van der Waals surface area contributed by atoms with Crippen LogP contribution in [-0.2, 0) is 0 Å². The highest BCUT2D eigenvalue weighted by Crippen LogP contribution is 2.30. The van der Waals surface area contributed by atoms with Crippen molar-refractivity contribution in [2.75, 3.05) is 13.7 Å². The van der Waals surface area contributed by atoms with Gasteiger partial charge in [-0.15, -0.1) is 0 Å². The standard InChI is InChI=1S/C13H17N3O3/c1-9(2)8-19-12-10(7-15-16-13(14)17)5-4-6-11(12)18-3/h4-7H,1,8H2,2-3H3,(H3,14,16,17). The molecule has 0 aromatic heterocycles. The first-order valence-corrected chi connectivity index (χ1v) is 5.57. The summed E-state index contributed by atoms with van der Waals surface area (Å²) in [6.07, 6.45) is 1.43. The Morgan fingerprint density at radius 3 is 2.89 bits per heavy atom. The van der Waals surface area contributed by atoms with Gasteiger partial charge in [-0.25, -0.2) is 10.2 Å². The molecule has 0 heterocycles. The Labute approximate surface area is 111 Å². The summed E-state index contributed by atoms with van der Waals surface area (Å²) in [6, 6.07) is 4.61. The van der Waals surface area contributed by atoms with Crippen LogP contribution in [0, 0.1) is 0 Å². The molecule has 0 radical (unpaired) electrons. The molecule has 6 heteroatoms. The number of hydrazone groups is 1. The van der Waals surface area contributed by atoms with Gasteiger partial charge >= 0.3 is 6.03 Å². The minimum atomic E-state index is -0.733. The van der Waals surface area contributed by atoms with Gasteiger partial charge in [0.15, 0.2) is 11.5 Å². The third-order valence-corrected chi connectivity index (χ3v) is 2.07. The maximum absolute atomic E-state index is 10.5. The van der Waals surface area contributed by atoms with Gasteiger partial charge in [0, 0.05) is 5.56 Å².